The Bertz CT molecular complexity index is 330. The molecule has 1 heterocycles. The molecule has 0 aromatic carbocycles. The van der Waals surface area contributed by atoms with E-state index in [1.807, 2.05) is 7.05 Å². The summed E-state index contributed by atoms with van der Waals surface area (Å²) in [5, 5.41) is 14.7. The lowest BCUT2D eigenvalue weighted by molar-refractivity contribution is -0.00387. The quantitative estimate of drug-likeness (QED) is 0.839. The van der Waals surface area contributed by atoms with E-state index in [2.05, 4.69) is 28.0 Å². The smallest absolute Gasteiger partial charge is 0.110 e. The number of nitrogens with zero attached hydrogens (tertiary/aromatic N) is 2. The van der Waals surface area contributed by atoms with Gasteiger partial charge in [-0.1, -0.05) is 6.92 Å². The molecule has 1 N–H and O–H groups in total. The van der Waals surface area contributed by atoms with Gasteiger partial charge in [0, 0.05) is 7.05 Å². The molecule has 1 aromatic rings. The summed E-state index contributed by atoms with van der Waals surface area (Å²) in [5.74, 6) is 0.314. The van der Waals surface area contributed by atoms with E-state index in [9.17, 15) is 5.11 Å². The summed E-state index contributed by atoms with van der Waals surface area (Å²) in [5.41, 5.74) is 0.229. The molecule has 0 spiro atoms. The Morgan fingerprint density at radius 1 is 1.71 bits per heavy atom. The van der Waals surface area contributed by atoms with E-state index in [1.165, 1.54) is 0 Å². The fourth-order valence-electron chi connectivity index (χ4n) is 2.41. The number of rotatable bonds is 1. The Kier molecular flexibility index (Phi) is 2.43. The molecule has 1 aromatic heterocycles. The zero-order valence-electron chi connectivity index (χ0n) is 8.50. The van der Waals surface area contributed by atoms with Crippen LogP contribution in [0.4, 0.5) is 0 Å². The molecule has 1 aliphatic rings. The van der Waals surface area contributed by atoms with Crippen LogP contribution in [0.25, 0.3) is 0 Å². The van der Waals surface area contributed by atoms with Crippen molar-refractivity contribution in [1.29, 1.82) is 0 Å². The number of aliphatic hydroxyl groups is 1. The fourth-order valence-corrected chi connectivity index (χ4v) is 3.10. The van der Waals surface area contributed by atoms with E-state index < -0.39 is 5.60 Å². The topological polar surface area (TPSA) is 38.1 Å². The second kappa shape index (κ2) is 3.35. The highest BCUT2D eigenvalue weighted by Crippen LogP contribution is 2.45. The Morgan fingerprint density at radius 2 is 2.43 bits per heavy atom. The highest BCUT2D eigenvalue weighted by Gasteiger charge is 2.43. The normalized spacial score (nSPS) is 32.4. The number of halogens is 1. The van der Waals surface area contributed by atoms with Crippen LogP contribution >= 0.6 is 15.9 Å². The highest BCUT2D eigenvalue weighted by molar-refractivity contribution is 9.10. The van der Waals surface area contributed by atoms with Gasteiger partial charge in [-0.25, -0.2) is 0 Å². The van der Waals surface area contributed by atoms with Crippen LogP contribution in [0.2, 0.25) is 0 Å². The molecule has 2 rings (SSSR count). The van der Waals surface area contributed by atoms with E-state index in [1.54, 1.807) is 10.9 Å². The lowest BCUT2D eigenvalue weighted by Crippen LogP contribution is -2.31. The lowest BCUT2D eigenvalue weighted by Gasteiger charge is -2.28. The third kappa shape index (κ3) is 1.32. The largest absolute Gasteiger partial charge is 0.383 e. The summed E-state index contributed by atoms with van der Waals surface area (Å²) in [7, 11) is 1.88. The SMILES string of the molecule is CC1CCCC1(O)c1c(Br)cnn1C. The van der Waals surface area contributed by atoms with Crippen LogP contribution < -0.4 is 0 Å². The molecule has 4 heteroatoms. The molecule has 1 saturated carbocycles. The molecule has 2 atom stereocenters. The van der Waals surface area contributed by atoms with Crippen molar-refractivity contribution < 1.29 is 5.11 Å². The third-order valence-corrected chi connectivity index (χ3v) is 3.89. The van der Waals surface area contributed by atoms with Gasteiger partial charge in [0.2, 0.25) is 0 Å². The first-order valence-corrected chi connectivity index (χ1v) is 5.75. The minimum Gasteiger partial charge on any atom is -0.383 e. The molecule has 14 heavy (non-hydrogen) atoms. The van der Waals surface area contributed by atoms with Crippen molar-refractivity contribution in [2.45, 2.75) is 31.8 Å². The Labute approximate surface area is 92.2 Å². The van der Waals surface area contributed by atoms with Gasteiger partial charge >= 0.3 is 0 Å². The van der Waals surface area contributed by atoms with Gasteiger partial charge in [-0.15, -0.1) is 0 Å². The van der Waals surface area contributed by atoms with Gasteiger partial charge in [0.25, 0.3) is 0 Å². The van der Waals surface area contributed by atoms with Crippen LogP contribution in [-0.2, 0) is 12.6 Å². The minimum absolute atomic E-state index is 0.314. The van der Waals surface area contributed by atoms with Crippen LogP contribution in [0.3, 0.4) is 0 Å². The zero-order valence-corrected chi connectivity index (χ0v) is 10.1. The van der Waals surface area contributed by atoms with Crippen molar-refractivity contribution in [3.8, 4) is 0 Å². The van der Waals surface area contributed by atoms with Gasteiger partial charge in [-0.05, 0) is 41.1 Å². The average molecular weight is 259 g/mol. The summed E-state index contributed by atoms with van der Waals surface area (Å²) < 4.78 is 2.68. The van der Waals surface area contributed by atoms with Crippen LogP contribution in [-0.4, -0.2) is 14.9 Å². The standard InChI is InChI=1S/C10H15BrN2O/c1-7-4-3-5-10(7,14)9-8(11)6-12-13(9)2/h6-7,14H,3-5H2,1-2H3. The first-order valence-electron chi connectivity index (χ1n) is 4.96. The summed E-state index contributed by atoms with van der Waals surface area (Å²) in [4.78, 5) is 0. The van der Waals surface area contributed by atoms with Crippen LogP contribution in [0, 0.1) is 5.92 Å². The second-order valence-corrected chi connectivity index (χ2v) is 5.04. The Morgan fingerprint density at radius 3 is 2.86 bits per heavy atom. The minimum atomic E-state index is -0.690. The summed E-state index contributed by atoms with van der Waals surface area (Å²) in [6, 6.07) is 0. The maximum absolute atomic E-state index is 10.6. The van der Waals surface area contributed by atoms with Crippen molar-refractivity contribution in [3.63, 3.8) is 0 Å². The maximum Gasteiger partial charge on any atom is 0.110 e. The molecule has 3 nitrogen and oxygen atoms in total. The van der Waals surface area contributed by atoms with Crippen molar-refractivity contribution >= 4 is 15.9 Å². The highest BCUT2D eigenvalue weighted by atomic mass is 79.9. The lowest BCUT2D eigenvalue weighted by atomic mass is 9.89. The van der Waals surface area contributed by atoms with E-state index in [4.69, 9.17) is 0 Å². The molecule has 0 amide bonds. The van der Waals surface area contributed by atoms with Crippen molar-refractivity contribution in [2.75, 3.05) is 0 Å². The molecule has 1 fully saturated rings. The molecule has 78 valence electrons. The fraction of sp³-hybridized carbons (Fsp3) is 0.700. The third-order valence-electron chi connectivity index (χ3n) is 3.31. The number of aryl methyl sites for hydroxylation is 1. The first-order chi connectivity index (χ1) is 6.55. The number of hydrogen-bond acceptors (Lipinski definition) is 2. The predicted molar refractivity (Wildman–Crippen MR) is 57.8 cm³/mol. The van der Waals surface area contributed by atoms with Crippen LogP contribution in [0.15, 0.2) is 10.7 Å². The van der Waals surface area contributed by atoms with Crippen molar-refractivity contribution in [1.82, 2.24) is 9.78 Å². The zero-order chi connectivity index (χ0) is 10.3. The summed E-state index contributed by atoms with van der Waals surface area (Å²) in [6.07, 6.45) is 4.77. The maximum atomic E-state index is 10.6. The van der Waals surface area contributed by atoms with E-state index in [-0.39, 0.29) is 0 Å². The number of hydrogen-bond donors (Lipinski definition) is 1. The molecular weight excluding hydrogens is 244 g/mol. The van der Waals surface area contributed by atoms with Gasteiger partial charge in [-0.2, -0.15) is 5.10 Å². The Balaban J connectivity index is 2.47. The predicted octanol–water partition coefficient (Wildman–Crippen LogP) is 2.19. The molecule has 0 radical (unpaired) electrons. The van der Waals surface area contributed by atoms with Gasteiger partial charge in [0.1, 0.15) is 5.60 Å². The summed E-state index contributed by atoms with van der Waals surface area (Å²) >= 11 is 3.45. The monoisotopic (exact) mass is 258 g/mol. The van der Waals surface area contributed by atoms with Gasteiger partial charge in [0.15, 0.2) is 0 Å². The molecule has 0 bridgehead atoms. The van der Waals surface area contributed by atoms with E-state index in [0.717, 1.165) is 29.4 Å². The molecule has 1 aliphatic carbocycles. The molecule has 0 aliphatic heterocycles. The van der Waals surface area contributed by atoms with Gasteiger partial charge in [-0.3, -0.25) is 4.68 Å². The average Bonchev–Trinajstić information content (AvgIpc) is 2.60. The van der Waals surface area contributed by atoms with Crippen molar-refractivity contribution in [3.05, 3.63) is 16.4 Å². The Hall–Kier alpha value is -0.350. The number of aromatic nitrogens is 2. The van der Waals surface area contributed by atoms with Crippen LogP contribution in [0.1, 0.15) is 31.9 Å². The molecule has 0 saturated heterocycles. The van der Waals surface area contributed by atoms with Crippen molar-refractivity contribution in [2.24, 2.45) is 13.0 Å². The summed E-state index contributed by atoms with van der Waals surface area (Å²) in [6.45, 7) is 2.10. The first kappa shape index (κ1) is 10.2. The second-order valence-electron chi connectivity index (χ2n) is 4.18. The van der Waals surface area contributed by atoms with E-state index >= 15 is 0 Å². The molecule has 2 unspecified atom stereocenters. The van der Waals surface area contributed by atoms with Crippen LogP contribution in [0.5, 0.6) is 0 Å². The van der Waals surface area contributed by atoms with Gasteiger partial charge in [0.05, 0.1) is 16.4 Å². The molecular formula is C10H15BrN2O. The van der Waals surface area contributed by atoms with Gasteiger partial charge < -0.3 is 5.11 Å². The van der Waals surface area contributed by atoms with E-state index in [0.29, 0.717) is 5.92 Å².